The molecule has 2 aromatic carbocycles. The van der Waals surface area contributed by atoms with Crippen LogP contribution >= 0.6 is 11.6 Å². The van der Waals surface area contributed by atoms with Crippen molar-refractivity contribution in [3.8, 4) is 11.5 Å². The van der Waals surface area contributed by atoms with Crippen molar-refractivity contribution < 1.29 is 19.2 Å². The minimum absolute atomic E-state index is 0.0634. The monoisotopic (exact) mass is 336 g/mol. The molecule has 0 aliphatic carbocycles. The number of ether oxygens (including phenoxy) is 2. The van der Waals surface area contributed by atoms with Gasteiger partial charge in [-0.2, -0.15) is 0 Å². The third-order valence-electron chi connectivity index (χ3n) is 3.07. The van der Waals surface area contributed by atoms with E-state index >= 15 is 0 Å². The lowest BCUT2D eigenvalue weighted by Crippen LogP contribution is -2.14. The van der Waals surface area contributed by atoms with Crippen molar-refractivity contribution in [3.05, 3.63) is 57.1 Å². The summed E-state index contributed by atoms with van der Waals surface area (Å²) in [6, 6.07) is 8.61. The highest BCUT2D eigenvalue weighted by molar-refractivity contribution is 6.32. The first-order valence-electron chi connectivity index (χ1n) is 6.44. The summed E-state index contributed by atoms with van der Waals surface area (Å²) >= 11 is 6.03. The molecule has 8 heteroatoms. The van der Waals surface area contributed by atoms with Crippen molar-refractivity contribution >= 4 is 28.9 Å². The molecule has 0 unspecified atom stereocenters. The van der Waals surface area contributed by atoms with Gasteiger partial charge in [-0.25, -0.2) is 0 Å². The predicted molar refractivity (Wildman–Crippen MR) is 85.6 cm³/mol. The molecule has 2 rings (SSSR count). The van der Waals surface area contributed by atoms with Gasteiger partial charge in [-0.05, 0) is 12.1 Å². The molecular weight excluding hydrogens is 324 g/mol. The number of carbonyl (C=O) groups excluding carboxylic acids is 1. The summed E-state index contributed by atoms with van der Waals surface area (Å²) in [6.45, 7) is 0. The van der Waals surface area contributed by atoms with E-state index in [1.165, 1.54) is 44.6 Å². The second kappa shape index (κ2) is 6.97. The van der Waals surface area contributed by atoms with Gasteiger partial charge in [-0.3, -0.25) is 14.9 Å². The standard InChI is InChI=1S/C15H13ClN2O5/c1-22-13-8-14(23-2)11(7-10(13)16)17-15(19)9-5-3-4-6-12(9)18(20)21/h3-8H,1-2H3,(H,17,19). The number of nitrogens with one attached hydrogen (secondary N) is 1. The van der Waals surface area contributed by atoms with Crippen LogP contribution in [0.2, 0.25) is 5.02 Å². The fraction of sp³-hybridized carbons (Fsp3) is 0.133. The molecule has 0 saturated carbocycles. The fourth-order valence-corrected chi connectivity index (χ4v) is 2.21. The van der Waals surface area contributed by atoms with Crippen LogP contribution in [0.5, 0.6) is 11.5 Å². The highest BCUT2D eigenvalue weighted by Crippen LogP contribution is 2.36. The van der Waals surface area contributed by atoms with E-state index in [-0.39, 0.29) is 22.0 Å². The smallest absolute Gasteiger partial charge is 0.282 e. The van der Waals surface area contributed by atoms with Crippen molar-refractivity contribution in [1.82, 2.24) is 0 Å². The Morgan fingerprint density at radius 1 is 1.17 bits per heavy atom. The third kappa shape index (κ3) is 3.51. The topological polar surface area (TPSA) is 90.7 Å². The van der Waals surface area contributed by atoms with E-state index in [1.807, 2.05) is 0 Å². The minimum atomic E-state index is -0.642. The maximum atomic E-state index is 12.3. The Morgan fingerprint density at radius 2 is 1.83 bits per heavy atom. The number of anilines is 1. The molecule has 0 aromatic heterocycles. The number of carbonyl (C=O) groups is 1. The number of hydrogen-bond acceptors (Lipinski definition) is 5. The van der Waals surface area contributed by atoms with Crippen LogP contribution in [-0.2, 0) is 0 Å². The molecule has 0 aliphatic rings. The van der Waals surface area contributed by atoms with E-state index < -0.39 is 10.8 Å². The highest BCUT2D eigenvalue weighted by Gasteiger charge is 2.21. The summed E-state index contributed by atoms with van der Waals surface area (Å²) in [6.07, 6.45) is 0. The summed E-state index contributed by atoms with van der Waals surface area (Å²) in [5.74, 6) is 0.0576. The molecule has 0 spiro atoms. The molecule has 0 fully saturated rings. The molecule has 0 radical (unpaired) electrons. The maximum absolute atomic E-state index is 12.3. The van der Waals surface area contributed by atoms with Crippen LogP contribution < -0.4 is 14.8 Å². The van der Waals surface area contributed by atoms with Gasteiger partial charge in [0.05, 0.1) is 29.9 Å². The predicted octanol–water partition coefficient (Wildman–Crippen LogP) is 3.52. The summed E-state index contributed by atoms with van der Waals surface area (Å²) in [4.78, 5) is 22.7. The van der Waals surface area contributed by atoms with Crippen LogP contribution in [0, 0.1) is 10.1 Å². The average molecular weight is 337 g/mol. The second-order valence-electron chi connectivity index (χ2n) is 4.42. The lowest BCUT2D eigenvalue weighted by Gasteiger charge is -2.13. The van der Waals surface area contributed by atoms with E-state index in [2.05, 4.69) is 5.32 Å². The summed E-state index contributed by atoms with van der Waals surface area (Å²) in [5.41, 5.74) is -0.0727. The van der Waals surface area contributed by atoms with E-state index in [0.717, 1.165) is 0 Å². The van der Waals surface area contributed by atoms with E-state index in [1.54, 1.807) is 6.07 Å². The molecule has 0 aliphatic heterocycles. The van der Waals surface area contributed by atoms with Gasteiger partial charge in [-0.1, -0.05) is 23.7 Å². The molecular formula is C15H13ClN2O5. The van der Waals surface area contributed by atoms with Gasteiger partial charge in [0.2, 0.25) is 0 Å². The molecule has 1 N–H and O–H groups in total. The molecule has 0 heterocycles. The van der Waals surface area contributed by atoms with Gasteiger partial charge in [0.1, 0.15) is 17.1 Å². The van der Waals surface area contributed by atoms with Crippen LogP contribution in [0.25, 0.3) is 0 Å². The van der Waals surface area contributed by atoms with Gasteiger partial charge in [0.25, 0.3) is 11.6 Å². The molecule has 7 nitrogen and oxygen atoms in total. The molecule has 2 aromatic rings. The Kier molecular flexibility index (Phi) is 5.02. The number of benzene rings is 2. The van der Waals surface area contributed by atoms with E-state index in [9.17, 15) is 14.9 Å². The zero-order valence-electron chi connectivity index (χ0n) is 12.3. The second-order valence-corrected chi connectivity index (χ2v) is 4.82. The lowest BCUT2D eigenvalue weighted by atomic mass is 10.1. The molecule has 0 saturated heterocycles. The fourth-order valence-electron chi connectivity index (χ4n) is 1.97. The molecule has 120 valence electrons. The third-order valence-corrected chi connectivity index (χ3v) is 3.36. The van der Waals surface area contributed by atoms with E-state index in [4.69, 9.17) is 21.1 Å². The Morgan fingerprint density at radius 3 is 2.43 bits per heavy atom. The van der Waals surface area contributed by atoms with Crippen LogP contribution in [0.4, 0.5) is 11.4 Å². The van der Waals surface area contributed by atoms with Gasteiger partial charge < -0.3 is 14.8 Å². The Bertz CT molecular complexity index is 764. The number of rotatable bonds is 5. The summed E-state index contributed by atoms with van der Waals surface area (Å²) in [7, 11) is 2.87. The van der Waals surface area contributed by atoms with E-state index in [0.29, 0.717) is 11.5 Å². The molecule has 0 bridgehead atoms. The average Bonchev–Trinajstić information content (AvgIpc) is 2.55. The zero-order valence-corrected chi connectivity index (χ0v) is 13.1. The van der Waals surface area contributed by atoms with Crippen LogP contribution in [0.15, 0.2) is 36.4 Å². The van der Waals surface area contributed by atoms with Crippen LogP contribution in [0.1, 0.15) is 10.4 Å². The SMILES string of the molecule is COc1cc(OC)c(NC(=O)c2ccccc2[N+](=O)[O-])cc1Cl. The number of hydrogen-bond donors (Lipinski definition) is 1. The zero-order chi connectivity index (χ0) is 17.0. The van der Waals surface area contributed by atoms with Crippen molar-refractivity contribution in [2.24, 2.45) is 0 Å². The number of nitro groups is 1. The Hall–Kier alpha value is -2.80. The Labute approximate surface area is 136 Å². The van der Waals surface area contributed by atoms with Crippen molar-refractivity contribution in [3.63, 3.8) is 0 Å². The van der Waals surface area contributed by atoms with Crippen LogP contribution in [0.3, 0.4) is 0 Å². The first kappa shape index (κ1) is 16.6. The Balaban J connectivity index is 2.38. The summed E-state index contributed by atoms with van der Waals surface area (Å²) < 4.78 is 10.2. The first-order chi connectivity index (χ1) is 11.0. The number of nitro benzene ring substituents is 1. The quantitative estimate of drug-likeness (QED) is 0.666. The van der Waals surface area contributed by atoms with Gasteiger partial charge in [0, 0.05) is 12.1 Å². The normalized spacial score (nSPS) is 10.0. The lowest BCUT2D eigenvalue weighted by molar-refractivity contribution is -0.385. The minimum Gasteiger partial charge on any atom is -0.495 e. The number of methoxy groups -OCH3 is 2. The number of halogens is 1. The first-order valence-corrected chi connectivity index (χ1v) is 6.82. The molecule has 0 atom stereocenters. The molecule has 1 amide bonds. The van der Waals surface area contributed by atoms with Crippen LogP contribution in [-0.4, -0.2) is 25.1 Å². The number of nitrogens with zero attached hydrogens (tertiary/aromatic N) is 1. The largest absolute Gasteiger partial charge is 0.495 e. The van der Waals surface area contributed by atoms with Gasteiger partial charge in [-0.15, -0.1) is 0 Å². The number of para-hydroxylation sites is 1. The maximum Gasteiger partial charge on any atom is 0.282 e. The van der Waals surface area contributed by atoms with Crippen molar-refractivity contribution in [2.75, 3.05) is 19.5 Å². The van der Waals surface area contributed by atoms with Gasteiger partial charge in [0.15, 0.2) is 0 Å². The van der Waals surface area contributed by atoms with Gasteiger partial charge >= 0.3 is 0 Å². The molecule has 23 heavy (non-hydrogen) atoms. The highest BCUT2D eigenvalue weighted by atomic mass is 35.5. The number of amides is 1. The summed E-state index contributed by atoms with van der Waals surface area (Å²) in [5, 5.41) is 13.8. The van der Waals surface area contributed by atoms with Crippen molar-refractivity contribution in [1.29, 1.82) is 0 Å². The van der Waals surface area contributed by atoms with Crippen molar-refractivity contribution in [2.45, 2.75) is 0 Å².